The third kappa shape index (κ3) is 4.11. The summed E-state index contributed by atoms with van der Waals surface area (Å²) in [5, 5.41) is 2.97. The summed E-state index contributed by atoms with van der Waals surface area (Å²) in [5.74, 6) is 0.473. The number of halogens is 1. The lowest BCUT2D eigenvalue weighted by atomic mass is 10.2. The van der Waals surface area contributed by atoms with E-state index in [0.29, 0.717) is 12.5 Å². The van der Waals surface area contributed by atoms with E-state index in [2.05, 4.69) is 17.1 Å². The van der Waals surface area contributed by atoms with Crippen molar-refractivity contribution in [3.63, 3.8) is 0 Å². The fourth-order valence-electron chi connectivity index (χ4n) is 1.47. The molecule has 0 aliphatic heterocycles. The van der Waals surface area contributed by atoms with Crippen LogP contribution < -0.4 is 0 Å². The van der Waals surface area contributed by atoms with E-state index in [0.717, 1.165) is 23.7 Å². The van der Waals surface area contributed by atoms with Gasteiger partial charge in [0.05, 0.1) is 24.8 Å². The van der Waals surface area contributed by atoms with Crippen LogP contribution in [0.5, 0.6) is 0 Å². The zero-order valence-corrected chi connectivity index (χ0v) is 11.0. The molecule has 0 spiro atoms. The highest BCUT2D eigenvalue weighted by Crippen LogP contribution is 2.12. The third-order valence-electron chi connectivity index (χ3n) is 2.34. The molecule has 0 unspecified atom stereocenters. The van der Waals surface area contributed by atoms with Crippen molar-refractivity contribution in [2.45, 2.75) is 18.9 Å². The molecule has 0 fully saturated rings. The van der Waals surface area contributed by atoms with Crippen LogP contribution in [0.1, 0.15) is 16.3 Å². The quantitative estimate of drug-likeness (QED) is 0.589. The molecule has 2 aromatic rings. The minimum atomic E-state index is 0.473. The SMILES string of the molecule is ClCc1csc(COCCc2ccccc2)n1. The van der Waals surface area contributed by atoms with Crippen LogP contribution >= 0.6 is 22.9 Å². The molecule has 0 atom stereocenters. The number of hydrogen-bond acceptors (Lipinski definition) is 3. The van der Waals surface area contributed by atoms with Crippen LogP contribution in [0.15, 0.2) is 35.7 Å². The minimum absolute atomic E-state index is 0.473. The Morgan fingerprint density at radius 3 is 2.76 bits per heavy atom. The highest BCUT2D eigenvalue weighted by Gasteiger charge is 2.01. The third-order valence-corrected chi connectivity index (χ3v) is 3.48. The lowest BCUT2D eigenvalue weighted by molar-refractivity contribution is 0.123. The molecule has 2 nitrogen and oxygen atoms in total. The average Bonchev–Trinajstić information content (AvgIpc) is 2.84. The fraction of sp³-hybridized carbons (Fsp3) is 0.308. The molecular formula is C13H14ClNOS. The van der Waals surface area contributed by atoms with Gasteiger partial charge >= 0.3 is 0 Å². The number of ether oxygens (including phenoxy) is 1. The molecule has 0 radical (unpaired) electrons. The monoisotopic (exact) mass is 267 g/mol. The second-order valence-electron chi connectivity index (χ2n) is 3.65. The Morgan fingerprint density at radius 1 is 1.24 bits per heavy atom. The topological polar surface area (TPSA) is 22.1 Å². The number of alkyl halides is 1. The van der Waals surface area contributed by atoms with Gasteiger partial charge in [-0.05, 0) is 12.0 Å². The number of nitrogens with zero attached hydrogens (tertiary/aromatic N) is 1. The Bertz CT molecular complexity index is 444. The second-order valence-corrected chi connectivity index (χ2v) is 4.86. The van der Waals surface area contributed by atoms with Crippen LogP contribution in [0.3, 0.4) is 0 Å². The molecule has 1 heterocycles. The van der Waals surface area contributed by atoms with Crippen LogP contribution in [0.4, 0.5) is 0 Å². The highest BCUT2D eigenvalue weighted by atomic mass is 35.5. The van der Waals surface area contributed by atoms with Crippen LogP contribution in [-0.2, 0) is 23.6 Å². The Balaban J connectivity index is 1.69. The zero-order valence-electron chi connectivity index (χ0n) is 9.43. The van der Waals surface area contributed by atoms with Gasteiger partial charge in [-0.25, -0.2) is 4.98 Å². The maximum atomic E-state index is 5.68. The molecule has 2 rings (SSSR count). The van der Waals surface area contributed by atoms with Gasteiger partial charge in [0.15, 0.2) is 0 Å². The van der Waals surface area contributed by atoms with Crippen molar-refractivity contribution in [2.24, 2.45) is 0 Å². The van der Waals surface area contributed by atoms with Crippen molar-refractivity contribution >= 4 is 22.9 Å². The summed E-state index contributed by atoms with van der Waals surface area (Å²) in [6.45, 7) is 1.30. The number of rotatable bonds is 6. The van der Waals surface area contributed by atoms with E-state index in [4.69, 9.17) is 16.3 Å². The Hall–Kier alpha value is -0.900. The van der Waals surface area contributed by atoms with Gasteiger partial charge in [0, 0.05) is 5.38 Å². The molecule has 1 aromatic heterocycles. The molecule has 4 heteroatoms. The van der Waals surface area contributed by atoms with Crippen molar-refractivity contribution in [1.29, 1.82) is 0 Å². The Kier molecular flexibility index (Phi) is 4.98. The lowest BCUT2D eigenvalue weighted by Crippen LogP contribution is -1.98. The molecule has 0 saturated carbocycles. The molecule has 0 N–H and O–H groups in total. The van der Waals surface area contributed by atoms with E-state index in [1.54, 1.807) is 11.3 Å². The first-order valence-corrected chi connectivity index (χ1v) is 6.91. The predicted octanol–water partition coefficient (Wildman–Crippen LogP) is 3.64. The van der Waals surface area contributed by atoms with Crippen molar-refractivity contribution in [3.8, 4) is 0 Å². The van der Waals surface area contributed by atoms with Crippen molar-refractivity contribution in [2.75, 3.05) is 6.61 Å². The second kappa shape index (κ2) is 6.74. The number of aromatic nitrogens is 1. The van der Waals surface area contributed by atoms with E-state index in [9.17, 15) is 0 Å². The summed E-state index contributed by atoms with van der Waals surface area (Å²) in [6, 6.07) is 10.3. The largest absolute Gasteiger partial charge is 0.374 e. The summed E-state index contributed by atoms with van der Waals surface area (Å²) in [7, 11) is 0. The van der Waals surface area contributed by atoms with Gasteiger partial charge in [-0.15, -0.1) is 22.9 Å². The smallest absolute Gasteiger partial charge is 0.119 e. The number of thiazole rings is 1. The first-order chi connectivity index (χ1) is 8.38. The minimum Gasteiger partial charge on any atom is -0.374 e. The maximum Gasteiger partial charge on any atom is 0.119 e. The summed E-state index contributed by atoms with van der Waals surface area (Å²) >= 11 is 7.28. The van der Waals surface area contributed by atoms with Crippen molar-refractivity contribution in [1.82, 2.24) is 4.98 Å². The van der Waals surface area contributed by atoms with E-state index in [1.807, 2.05) is 23.6 Å². The van der Waals surface area contributed by atoms with Gasteiger partial charge in [0.2, 0.25) is 0 Å². The molecular weight excluding hydrogens is 254 g/mol. The standard InChI is InChI=1S/C13H14ClNOS/c14-8-12-10-17-13(15-12)9-16-7-6-11-4-2-1-3-5-11/h1-5,10H,6-9H2. The summed E-state index contributed by atoms with van der Waals surface area (Å²) in [5.41, 5.74) is 2.23. The first kappa shape index (κ1) is 12.6. The van der Waals surface area contributed by atoms with Gasteiger partial charge in [-0.2, -0.15) is 0 Å². The molecule has 0 bridgehead atoms. The average molecular weight is 268 g/mol. The van der Waals surface area contributed by atoms with E-state index in [-0.39, 0.29) is 0 Å². The zero-order chi connectivity index (χ0) is 11.9. The van der Waals surface area contributed by atoms with Crippen molar-refractivity contribution < 1.29 is 4.74 Å². The van der Waals surface area contributed by atoms with Gasteiger partial charge in [-0.3, -0.25) is 0 Å². The first-order valence-electron chi connectivity index (χ1n) is 5.49. The fourth-order valence-corrected chi connectivity index (χ4v) is 2.43. The number of hydrogen-bond donors (Lipinski definition) is 0. The van der Waals surface area contributed by atoms with Crippen LogP contribution in [-0.4, -0.2) is 11.6 Å². The normalized spacial score (nSPS) is 10.6. The molecule has 1 aromatic carbocycles. The molecule has 0 aliphatic carbocycles. The van der Waals surface area contributed by atoms with Gasteiger partial charge in [-0.1, -0.05) is 30.3 Å². The van der Waals surface area contributed by atoms with Gasteiger partial charge in [0.25, 0.3) is 0 Å². The molecule has 0 aliphatic rings. The van der Waals surface area contributed by atoms with Crippen LogP contribution in [0.25, 0.3) is 0 Å². The molecule has 17 heavy (non-hydrogen) atoms. The maximum absolute atomic E-state index is 5.68. The highest BCUT2D eigenvalue weighted by molar-refractivity contribution is 7.09. The molecule has 90 valence electrons. The molecule has 0 amide bonds. The number of benzene rings is 1. The van der Waals surface area contributed by atoms with E-state index < -0.39 is 0 Å². The van der Waals surface area contributed by atoms with Gasteiger partial charge < -0.3 is 4.74 Å². The molecule has 0 saturated heterocycles. The lowest BCUT2D eigenvalue weighted by Gasteiger charge is -2.02. The van der Waals surface area contributed by atoms with Crippen molar-refractivity contribution in [3.05, 3.63) is 52.0 Å². The summed E-state index contributed by atoms with van der Waals surface area (Å²) in [6.07, 6.45) is 0.939. The Labute approximate surface area is 110 Å². The van der Waals surface area contributed by atoms with Crippen LogP contribution in [0.2, 0.25) is 0 Å². The van der Waals surface area contributed by atoms with Crippen LogP contribution in [0, 0.1) is 0 Å². The Morgan fingerprint density at radius 2 is 2.06 bits per heavy atom. The summed E-state index contributed by atoms with van der Waals surface area (Å²) < 4.78 is 5.59. The van der Waals surface area contributed by atoms with E-state index >= 15 is 0 Å². The van der Waals surface area contributed by atoms with E-state index in [1.165, 1.54) is 5.56 Å². The summed E-state index contributed by atoms with van der Waals surface area (Å²) in [4.78, 5) is 4.33. The van der Waals surface area contributed by atoms with Gasteiger partial charge in [0.1, 0.15) is 5.01 Å². The predicted molar refractivity (Wildman–Crippen MR) is 71.5 cm³/mol.